The Kier molecular flexibility index (Phi) is 2.98. The van der Waals surface area contributed by atoms with Gasteiger partial charge in [0.05, 0.1) is 22.3 Å². The zero-order valence-corrected chi connectivity index (χ0v) is 11.6. The van der Waals surface area contributed by atoms with E-state index in [9.17, 15) is 4.79 Å². The van der Waals surface area contributed by atoms with Crippen molar-refractivity contribution in [2.75, 3.05) is 11.1 Å². The number of halogens is 1. The number of nitrogens with zero attached hydrogens (tertiary/aromatic N) is 1. The van der Waals surface area contributed by atoms with E-state index in [1.165, 1.54) is 11.8 Å². The Labute approximate surface area is 119 Å². The number of aromatic nitrogens is 1. The Balaban J connectivity index is 1.77. The predicted octanol–water partition coefficient (Wildman–Crippen LogP) is 2.70. The maximum atomic E-state index is 12.2. The number of fused-ring (bicyclic) bond motifs is 1. The summed E-state index contributed by atoms with van der Waals surface area (Å²) >= 11 is 3.34. The Morgan fingerprint density at radius 3 is 2.95 bits per heavy atom. The van der Waals surface area contributed by atoms with Crippen molar-refractivity contribution >= 4 is 33.3 Å². The fraction of sp³-hybridized carbons (Fsp3) is 0.143. The van der Waals surface area contributed by atoms with Crippen LogP contribution in [0.25, 0.3) is 0 Å². The van der Waals surface area contributed by atoms with Gasteiger partial charge in [-0.2, -0.15) is 0 Å². The average molecular weight is 318 g/mol. The molecule has 96 valence electrons. The number of carbonyl (C=O) groups is 1. The molecule has 2 aromatic rings. The molecule has 3 rings (SSSR count). The third-order valence-electron chi connectivity index (χ3n) is 3.27. The first-order valence-electron chi connectivity index (χ1n) is 5.95. The second-order valence-electron chi connectivity index (χ2n) is 4.54. The van der Waals surface area contributed by atoms with Crippen molar-refractivity contribution in [3.8, 4) is 0 Å². The molecule has 1 aliphatic carbocycles. The molecule has 4 nitrogen and oxygen atoms in total. The van der Waals surface area contributed by atoms with Crippen LogP contribution >= 0.6 is 15.9 Å². The van der Waals surface area contributed by atoms with Gasteiger partial charge in [-0.1, -0.05) is 24.3 Å². The molecule has 19 heavy (non-hydrogen) atoms. The molecule has 0 radical (unpaired) electrons. The second kappa shape index (κ2) is 4.66. The molecule has 0 saturated carbocycles. The summed E-state index contributed by atoms with van der Waals surface area (Å²) in [5.74, 6) is 0.391. The zero-order valence-electron chi connectivity index (χ0n) is 10.1. The summed E-state index contributed by atoms with van der Waals surface area (Å²) in [6.45, 7) is 0. The molecule has 0 saturated heterocycles. The lowest BCUT2D eigenvalue weighted by Crippen LogP contribution is -2.30. The maximum absolute atomic E-state index is 12.2. The fourth-order valence-electron chi connectivity index (χ4n) is 2.24. The Bertz CT molecular complexity index is 657. The van der Waals surface area contributed by atoms with Crippen LogP contribution in [0.15, 0.2) is 41.0 Å². The molecule has 1 unspecified atom stereocenters. The molecule has 1 amide bonds. The van der Waals surface area contributed by atoms with Crippen LogP contribution < -0.4 is 11.1 Å². The molecule has 1 aromatic carbocycles. The summed E-state index contributed by atoms with van der Waals surface area (Å²) < 4.78 is 0.688. The number of amides is 1. The van der Waals surface area contributed by atoms with E-state index in [-0.39, 0.29) is 11.8 Å². The van der Waals surface area contributed by atoms with Crippen LogP contribution in [0.5, 0.6) is 0 Å². The normalized spacial score (nSPS) is 16.4. The molecule has 0 bridgehead atoms. The van der Waals surface area contributed by atoms with E-state index in [1.54, 1.807) is 6.07 Å². The summed E-state index contributed by atoms with van der Waals surface area (Å²) in [4.78, 5) is 16.3. The van der Waals surface area contributed by atoms with E-state index >= 15 is 0 Å². The summed E-state index contributed by atoms with van der Waals surface area (Å²) in [5.41, 5.74) is 8.51. The quantitative estimate of drug-likeness (QED) is 0.894. The molecular weight excluding hydrogens is 306 g/mol. The van der Waals surface area contributed by atoms with Crippen LogP contribution in [0.2, 0.25) is 0 Å². The van der Waals surface area contributed by atoms with Crippen molar-refractivity contribution in [2.45, 2.75) is 12.3 Å². The van der Waals surface area contributed by atoms with Crippen molar-refractivity contribution < 1.29 is 4.79 Å². The summed E-state index contributed by atoms with van der Waals surface area (Å²) in [6.07, 6.45) is 2.31. The van der Waals surface area contributed by atoms with Crippen molar-refractivity contribution in [2.24, 2.45) is 0 Å². The van der Waals surface area contributed by atoms with Crippen molar-refractivity contribution in [1.82, 2.24) is 4.98 Å². The SMILES string of the molecule is Nc1cnc(NC(=O)C2Cc3ccccc32)c(Br)c1. The van der Waals surface area contributed by atoms with Gasteiger partial charge in [0, 0.05) is 0 Å². The van der Waals surface area contributed by atoms with E-state index < -0.39 is 0 Å². The van der Waals surface area contributed by atoms with E-state index in [2.05, 4.69) is 32.3 Å². The highest BCUT2D eigenvalue weighted by Crippen LogP contribution is 2.36. The molecule has 1 aromatic heterocycles. The van der Waals surface area contributed by atoms with E-state index in [4.69, 9.17) is 5.73 Å². The first-order valence-corrected chi connectivity index (χ1v) is 6.74. The molecular formula is C14H12BrN3O. The summed E-state index contributed by atoms with van der Waals surface area (Å²) in [6, 6.07) is 9.71. The van der Waals surface area contributed by atoms with Gasteiger partial charge in [0.25, 0.3) is 0 Å². The number of hydrogen-bond donors (Lipinski definition) is 2. The predicted molar refractivity (Wildman–Crippen MR) is 77.9 cm³/mol. The highest BCUT2D eigenvalue weighted by molar-refractivity contribution is 9.10. The van der Waals surface area contributed by atoms with Crippen LogP contribution in [0.4, 0.5) is 11.5 Å². The largest absolute Gasteiger partial charge is 0.397 e. The minimum absolute atomic E-state index is 0.0309. The van der Waals surface area contributed by atoms with Gasteiger partial charge in [0.15, 0.2) is 0 Å². The number of rotatable bonds is 2. The van der Waals surface area contributed by atoms with E-state index in [1.807, 2.05) is 18.2 Å². The van der Waals surface area contributed by atoms with Crippen LogP contribution in [-0.4, -0.2) is 10.9 Å². The molecule has 1 heterocycles. The van der Waals surface area contributed by atoms with Gasteiger partial charge in [-0.05, 0) is 39.5 Å². The van der Waals surface area contributed by atoms with Crippen LogP contribution in [0.3, 0.4) is 0 Å². The Morgan fingerprint density at radius 2 is 2.21 bits per heavy atom. The number of nitrogen functional groups attached to an aromatic ring is 1. The van der Waals surface area contributed by atoms with Crippen LogP contribution in [0.1, 0.15) is 17.0 Å². The van der Waals surface area contributed by atoms with Gasteiger partial charge >= 0.3 is 0 Å². The van der Waals surface area contributed by atoms with Gasteiger partial charge in [0.1, 0.15) is 5.82 Å². The lowest BCUT2D eigenvalue weighted by molar-refractivity contribution is -0.118. The standard InChI is InChI=1S/C14H12BrN3O/c15-12-6-9(16)7-17-13(12)18-14(19)11-5-8-3-1-2-4-10(8)11/h1-4,6-7,11H,5,16H2,(H,17,18,19). The number of benzene rings is 1. The van der Waals surface area contributed by atoms with Crippen molar-refractivity contribution in [3.05, 3.63) is 52.1 Å². The Morgan fingerprint density at radius 1 is 1.42 bits per heavy atom. The molecule has 1 aliphatic rings. The van der Waals surface area contributed by atoms with Gasteiger partial charge in [0.2, 0.25) is 5.91 Å². The van der Waals surface area contributed by atoms with E-state index in [0.29, 0.717) is 16.0 Å². The molecule has 5 heteroatoms. The number of nitrogens with two attached hydrogens (primary N) is 1. The second-order valence-corrected chi connectivity index (χ2v) is 5.40. The minimum atomic E-state index is -0.0811. The number of anilines is 2. The molecule has 0 aliphatic heterocycles. The zero-order chi connectivity index (χ0) is 13.4. The van der Waals surface area contributed by atoms with E-state index in [0.717, 1.165) is 12.0 Å². The van der Waals surface area contributed by atoms with Gasteiger partial charge in [-0.3, -0.25) is 4.79 Å². The topological polar surface area (TPSA) is 68.0 Å². The lowest BCUT2D eigenvalue weighted by atomic mass is 9.77. The van der Waals surface area contributed by atoms with Crippen LogP contribution in [0, 0.1) is 0 Å². The van der Waals surface area contributed by atoms with Crippen molar-refractivity contribution in [3.63, 3.8) is 0 Å². The van der Waals surface area contributed by atoms with Gasteiger partial charge < -0.3 is 11.1 Å². The van der Waals surface area contributed by atoms with Gasteiger partial charge in [-0.25, -0.2) is 4.98 Å². The maximum Gasteiger partial charge on any atom is 0.233 e. The third-order valence-corrected chi connectivity index (χ3v) is 3.88. The first-order chi connectivity index (χ1) is 9.15. The number of hydrogen-bond acceptors (Lipinski definition) is 3. The monoisotopic (exact) mass is 317 g/mol. The van der Waals surface area contributed by atoms with Crippen molar-refractivity contribution in [1.29, 1.82) is 0 Å². The number of pyridine rings is 1. The fourth-order valence-corrected chi connectivity index (χ4v) is 2.71. The number of nitrogens with one attached hydrogen (secondary N) is 1. The molecule has 0 fully saturated rings. The smallest absolute Gasteiger partial charge is 0.233 e. The van der Waals surface area contributed by atoms with Gasteiger partial charge in [-0.15, -0.1) is 0 Å². The highest BCUT2D eigenvalue weighted by atomic mass is 79.9. The average Bonchev–Trinajstić information content (AvgIpc) is 2.34. The van der Waals surface area contributed by atoms with Crippen LogP contribution in [-0.2, 0) is 11.2 Å². The molecule has 1 atom stereocenters. The third kappa shape index (κ3) is 2.21. The Hall–Kier alpha value is -1.88. The number of carbonyl (C=O) groups excluding carboxylic acids is 1. The highest BCUT2D eigenvalue weighted by Gasteiger charge is 2.32. The minimum Gasteiger partial charge on any atom is -0.397 e. The summed E-state index contributed by atoms with van der Waals surface area (Å²) in [7, 11) is 0. The lowest BCUT2D eigenvalue weighted by Gasteiger charge is -2.28. The summed E-state index contributed by atoms with van der Waals surface area (Å²) in [5, 5.41) is 2.83. The molecule has 0 spiro atoms. The molecule has 3 N–H and O–H groups in total. The first kappa shape index (κ1) is 12.2.